The minimum Gasteiger partial charge on any atom is -0.481 e. The van der Waals surface area contributed by atoms with Crippen LogP contribution in [0.2, 0.25) is 0 Å². The summed E-state index contributed by atoms with van der Waals surface area (Å²) in [6.07, 6.45) is 1.90. The number of carboxylic acids is 1. The molecule has 0 amide bonds. The van der Waals surface area contributed by atoms with Crippen LogP contribution in [0.25, 0.3) is 0 Å². The number of hydrogen-bond donors (Lipinski definition) is 1. The van der Waals surface area contributed by atoms with E-state index < -0.39 is 5.97 Å². The van der Waals surface area contributed by atoms with E-state index in [4.69, 9.17) is 5.11 Å². The average Bonchev–Trinajstić information content (AvgIpc) is 2.50. The van der Waals surface area contributed by atoms with Crippen molar-refractivity contribution in [3.8, 4) is 0 Å². The van der Waals surface area contributed by atoms with E-state index in [1.807, 2.05) is 20.8 Å². The van der Waals surface area contributed by atoms with Crippen LogP contribution in [0.4, 0.5) is 0 Å². The van der Waals surface area contributed by atoms with Crippen molar-refractivity contribution >= 4 is 5.97 Å². The Balaban J connectivity index is 2.71. The highest BCUT2D eigenvalue weighted by Crippen LogP contribution is 2.16. The molecule has 1 rings (SSSR count). The van der Waals surface area contributed by atoms with Gasteiger partial charge in [-0.05, 0) is 13.8 Å². The molecule has 1 aromatic heterocycles. The Morgan fingerprint density at radius 3 is 2.64 bits per heavy atom. The predicted octanol–water partition coefficient (Wildman–Crippen LogP) is 1.44. The smallest absolute Gasteiger partial charge is 0.304 e. The average molecular weight is 197 g/mol. The fraction of sp³-hybridized carbons (Fsp3) is 0.667. The molecule has 1 aromatic rings. The van der Waals surface area contributed by atoms with E-state index in [0.29, 0.717) is 0 Å². The Bertz CT molecular complexity index is 320. The van der Waals surface area contributed by atoms with Gasteiger partial charge in [0.1, 0.15) is 0 Å². The molecule has 0 fully saturated rings. The van der Waals surface area contributed by atoms with E-state index in [0.717, 1.165) is 5.69 Å². The van der Waals surface area contributed by atoms with Crippen molar-refractivity contribution in [1.29, 1.82) is 0 Å². The number of nitrogens with zero attached hydrogens (tertiary/aromatic N) is 3. The van der Waals surface area contributed by atoms with Gasteiger partial charge in [0.15, 0.2) is 0 Å². The summed E-state index contributed by atoms with van der Waals surface area (Å²) in [6, 6.07) is 0.258. The minimum atomic E-state index is -0.809. The molecule has 1 heterocycles. The molecule has 0 aromatic carbocycles. The molecule has 1 atom stereocenters. The molecular weight excluding hydrogens is 182 g/mol. The van der Waals surface area contributed by atoms with E-state index in [2.05, 4.69) is 10.3 Å². The van der Waals surface area contributed by atoms with Gasteiger partial charge < -0.3 is 5.11 Å². The molecule has 5 nitrogen and oxygen atoms in total. The van der Waals surface area contributed by atoms with Crippen LogP contribution in [0.5, 0.6) is 0 Å². The van der Waals surface area contributed by atoms with Crippen LogP contribution >= 0.6 is 0 Å². The maximum atomic E-state index is 10.5. The van der Waals surface area contributed by atoms with Gasteiger partial charge in [-0.25, -0.2) is 4.68 Å². The number of aliphatic carboxylic acids is 1. The molecule has 14 heavy (non-hydrogen) atoms. The van der Waals surface area contributed by atoms with Gasteiger partial charge in [-0.1, -0.05) is 12.1 Å². The number of carbonyl (C=O) groups is 1. The highest BCUT2D eigenvalue weighted by molar-refractivity contribution is 5.67. The molecule has 78 valence electrons. The second kappa shape index (κ2) is 4.21. The lowest BCUT2D eigenvalue weighted by Crippen LogP contribution is -2.03. The zero-order chi connectivity index (χ0) is 10.7. The van der Waals surface area contributed by atoms with Crippen molar-refractivity contribution in [3.05, 3.63) is 11.9 Å². The van der Waals surface area contributed by atoms with Crippen LogP contribution in [0.3, 0.4) is 0 Å². The summed E-state index contributed by atoms with van der Waals surface area (Å²) in [4.78, 5) is 10.5. The lowest BCUT2D eigenvalue weighted by Gasteiger charge is -2.03. The fourth-order valence-corrected chi connectivity index (χ4v) is 1.14. The van der Waals surface area contributed by atoms with Gasteiger partial charge in [0.05, 0.1) is 12.1 Å². The van der Waals surface area contributed by atoms with Gasteiger partial charge in [0.2, 0.25) is 0 Å². The molecule has 0 spiro atoms. The van der Waals surface area contributed by atoms with Crippen LogP contribution < -0.4 is 0 Å². The minimum absolute atomic E-state index is 0.0833. The van der Waals surface area contributed by atoms with E-state index in [-0.39, 0.29) is 18.4 Å². The van der Waals surface area contributed by atoms with Crippen LogP contribution in [-0.2, 0) is 4.79 Å². The lowest BCUT2D eigenvalue weighted by molar-refractivity contribution is -0.137. The van der Waals surface area contributed by atoms with Gasteiger partial charge in [0.25, 0.3) is 0 Å². The molecule has 5 heteroatoms. The topological polar surface area (TPSA) is 68.0 Å². The third-order valence-electron chi connectivity index (χ3n) is 2.04. The van der Waals surface area contributed by atoms with Crippen molar-refractivity contribution in [2.45, 2.75) is 39.2 Å². The van der Waals surface area contributed by atoms with E-state index in [1.165, 1.54) is 0 Å². The summed E-state index contributed by atoms with van der Waals surface area (Å²) in [6.45, 7) is 5.84. The van der Waals surface area contributed by atoms with Crippen molar-refractivity contribution in [2.24, 2.45) is 0 Å². The number of aromatic nitrogens is 3. The largest absolute Gasteiger partial charge is 0.481 e. The monoisotopic (exact) mass is 197 g/mol. The van der Waals surface area contributed by atoms with E-state index >= 15 is 0 Å². The van der Waals surface area contributed by atoms with Crippen LogP contribution in [0, 0.1) is 0 Å². The molecule has 0 saturated carbocycles. The first-order chi connectivity index (χ1) is 6.50. The standard InChI is InChI=1S/C9H15N3O2/c1-6(2)12-5-8(10-11-12)7(3)4-9(13)14/h5-7H,4H2,1-3H3,(H,13,14). The Hall–Kier alpha value is -1.39. The number of hydrogen-bond acceptors (Lipinski definition) is 3. The first-order valence-electron chi connectivity index (χ1n) is 4.64. The van der Waals surface area contributed by atoms with Crippen LogP contribution in [-0.4, -0.2) is 26.1 Å². The lowest BCUT2D eigenvalue weighted by atomic mass is 10.1. The Morgan fingerprint density at radius 1 is 1.57 bits per heavy atom. The van der Waals surface area contributed by atoms with Gasteiger partial charge in [-0.3, -0.25) is 4.79 Å². The van der Waals surface area contributed by atoms with E-state index in [9.17, 15) is 4.79 Å². The molecule has 0 bridgehead atoms. The highest BCUT2D eigenvalue weighted by atomic mass is 16.4. The SMILES string of the molecule is CC(CC(=O)O)c1cn(C(C)C)nn1. The third kappa shape index (κ3) is 2.55. The van der Waals surface area contributed by atoms with Crippen molar-refractivity contribution in [2.75, 3.05) is 0 Å². The van der Waals surface area contributed by atoms with Crippen LogP contribution in [0.15, 0.2) is 6.20 Å². The summed E-state index contributed by atoms with van der Waals surface area (Å²) in [5.41, 5.74) is 0.737. The molecule has 0 aliphatic heterocycles. The molecular formula is C9H15N3O2. The Labute approximate surface area is 82.7 Å². The normalized spacial score (nSPS) is 13.1. The quantitative estimate of drug-likeness (QED) is 0.793. The number of carboxylic acid groups (broad SMARTS) is 1. The number of rotatable bonds is 4. The second-order valence-corrected chi connectivity index (χ2v) is 3.72. The van der Waals surface area contributed by atoms with E-state index in [1.54, 1.807) is 10.9 Å². The maximum Gasteiger partial charge on any atom is 0.304 e. The summed E-state index contributed by atoms with van der Waals surface area (Å²) < 4.78 is 1.73. The summed E-state index contributed by atoms with van der Waals surface area (Å²) in [5, 5.41) is 16.5. The van der Waals surface area contributed by atoms with Crippen molar-refractivity contribution < 1.29 is 9.90 Å². The molecule has 1 unspecified atom stereocenters. The molecule has 1 N–H and O–H groups in total. The maximum absolute atomic E-state index is 10.5. The Morgan fingerprint density at radius 2 is 2.21 bits per heavy atom. The predicted molar refractivity (Wildman–Crippen MR) is 51.1 cm³/mol. The van der Waals surface area contributed by atoms with Crippen LogP contribution in [0.1, 0.15) is 44.8 Å². The highest BCUT2D eigenvalue weighted by Gasteiger charge is 2.14. The van der Waals surface area contributed by atoms with Gasteiger partial charge in [-0.15, -0.1) is 5.10 Å². The fourth-order valence-electron chi connectivity index (χ4n) is 1.14. The van der Waals surface area contributed by atoms with Crippen molar-refractivity contribution in [3.63, 3.8) is 0 Å². The first-order valence-corrected chi connectivity index (χ1v) is 4.64. The summed E-state index contributed by atoms with van der Waals surface area (Å²) >= 11 is 0. The zero-order valence-electron chi connectivity index (χ0n) is 8.64. The molecule has 0 aliphatic rings. The van der Waals surface area contributed by atoms with Gasteiger partial charge >= 0.3 is 5.97 Å². The zero-order valence-corrected chi connectivity index (χ0v) is 8.64. The van der Waals surface area contributed by atoms with Gasteiger partial charge in [-0.2, -0.15) is 0 Å². The third-order valence-corrected chi connectivity index (χ3v) is 2.04. The first kappa shape index (κ1) is 10.7. The Kier molecular flexibility index (Phi) is 3.22. The molecule has 0 aliphatic carbocycles. The van der Waals surface area contributed by atoms with Gasteiger partial charge in [0, 0.05) is 18.2 Å². The molecule has 0 saturated heterocycles. The summed E-state index contributed by atoms with van der Waals surface area (Å²) in [7, 11) is 0. The van der Waals surface area contributed by atoms with Crippen molar-refractivity contribution in [1.82, 2.24) is 15.0 Å². The summed E-state index contributed by atoms with van der Waals surface area (Å²) in [5.74, 6) is -0.892. The second-order valence-electron chi connectivity index (χ2n) is 3.72. The molecule has 0 radical (unpaired) electrons.